The maximum atomic E-state index is 11.9. The number of esters is 1. The lowest BCUT2D eigenvalue weighted by atomic mass is 9.80. The van der Waals surface area contributed by atoms with Crippen molar-refractivity contribution in [1.29, 1.82) is 0 Å². The molecular weight excluding hydrogens is 190 g/mol. The third kappa shape index (κ3) is 1.81. The van der Waals surface area contributed by atoms with Gasteiger partial charge in [0, 0.05) is 12.0 Å². The summed E-state index contributed by atoms with van der Waals surface area (Å²) in [6.45, 7) is 5.38. The van der Waals surface area contributed by atoms with Crippen molar-refractivity contribution in [2.45, 2.75) is 38.8 Å². The normalized spacial score (nSPS) is 34.4. The quantitative estimate of drug-likeness (QED) is 0.522. The molecule has 15 heavy (non-hydrogen) atoms. The van der Waals surface area contributed by atoms with Gasteiger partial charge in [0.25, 0.3) is 0 Å². The van der Waals surface area contributed by atoms with Crippen molar-refractivity contribution >= 4 is 5.97 Å². The van der Waals surface area contributed by atoms with Crippen LogP contribution in [-0.4, -0.2) is 36.1 Å². The monoisotopic (exact) mass is 209 g/mol. The van der Waals surface area contributed by atoms with Gasteiger partial charge in [0.15, 0.2) is 0 Å². The summed E-state index contributed by atoms with van der Waals surface area (Å²) in [4.78, 5) is 14.1. The third-order valence-electron chi connectivity index (χ3n) is 3.46. The van der Waals surface area contributed by atoms with E-state index in [1.165, 1.54) is 6.42 Å². The van der Waals surface area contributed by atoms with Gasteiger partial charge in [-0.05, 0) is 26.3 Å². The maximum Gasteiger partial charge on any atom is 0.323 e. The molecule has 1 aliphatic carbocycles. The fourth-order valence-corrected chi connectivity index (χ4v) is 2.79. The Morgan fingerprint density at radius 2 is 2.20 bits per heavy atom. The molecule has 3 heteroatoms. The number of piperidine rings is 1. The van der Waals surface area contributed by atoms with Gasteiger partial charge in [0.1, 0.15) is 6.04 Å². The summed E-state index contributed by atoms with van der Waals surface area (Å²) in [5.74, 6) is 0.326. The molecule has 1 fully saturated rings. The fourth-order valence-electron chi connectivity index (χ4n) is 2.79. The Labute approximate surface area is 91.1 Å². The largest absolute Gasteiger partial charge is 0.465 e. The van der Waals surface area contributed by atoms with Crippen LogP contribution in [-0.2, 0) is 9.53 Å². The zero-order chi connectivity index (χ0) is 10.8. The number of nitrogens with zero attached hydrogens (tertiary/aromatic N) is 1. The molecule has 0 saturated carbocycles. The molecule has 0 aromatic rings. The first kappa shape index (κ1) is 10.7. The number of likely N-dealkylation sites (N-methyl/N-ethyl adjacent to an activating group) is 1. The number of rotatable bonds is 3. The van der Waals surface area contributed by atoms with Crippen molar-refractivity contribution < 1.29 is 9.53 Å². The van der Waals surface area contributed by atoms with Crippen LogP contribution in [0.2, 0.25) is 0 Å². The molecule has 3 atom stereocenters. The van der Waals surface area contributed by atoms with Crippen LogP contribution in [0.3, 0.4) is 0 Å². The van der Waals surface area contributed by atoms with E-state index < -0.39 is 0 Å². The number of hydrogen-bond acceptors (Lipinski definition) is 3. The van der Waals surface area contributed by atoms with Crippen LogP contribution >= 0.6 is 0 Å². The second-order valence-electron chi connectivity index (χ2n) is 4.22. The molecule has 0 radical (unpaired) electrons. The molecule has 0 unspecified atom stereocenters. The van der Waals surface area contributed by atoms with Crippen LogP contribution in [0.1, 0.15) is 26.7 Å². The van der Waals surface area contributed by atoms with Crippen LogP contribution in [0.15, 0.2) is 12.2 Å². The molecule has 0 aromatic heterocycles. The van der Waals surface area contributed by atoms with Crippen LogP contribution in [0.4, 0.5) is 0 Å². The third-order valence-corrected chi connectivity index (χ3v) is 3.46. The molecule has 0 N–H and O–H groups in total. The Balaban J connectivity index is 2.15. The minimum Gasteiger partial charge on any atom is -0.465 e. The van der Waals surface area contributed by atoms with Gasteiger partial charge in [-0.3, -0.25) is 9.69 Å². The predicted molar refractivity (Wildman–Crippen MR) is 58.5 cm³/mol. The van der Waals surface area contributed by atoms with Gasteiger partial charge in [0.2, 0.25) is 0 Å². The standard InChI is InChI=1S/C12H19NO2/c1-3-13-10-7-5-9(6-8-10)11(13)12(14)15-4-2/h5,7,9-11H,3-4,6,8H2,1-2H3/t9-,10+,11-/m0/s1. The van der Waals surface area contributed by atoms with Gasteiger partial charge in [-0.2, -0.15) is 0 Å². The van der Waals surface area contributed by atoms with Gasteiger partial charge in [-0.15, -0.1) is 0 Å². The maximum absolute atomic E-state index is 11.9. The molecule has 3 nitrogen and oxygen atoms in total. The second kappa shape index (κ2) is 4.35. The summed E-state index contributed by atoms with van der Waals surface area (Å²) in [5.41, 5.74) is 0. The predicted octanol–water partition coefficient (Wildman–Crippen LogP) is 1.59. The lowest BCUT2D eigenvalue weighted by Crippen LogP contribution is -2.56. The first-order valence-corrected chi connectivity index (χ1v) is 5.88. The van der Waals surface area contributed by atoms with Crippen LogP contribution < -0.4 is 0 Å². The van der Waals surface area contributed by atoms with Crippen LogP contribution in [0.5, 0.6) is 0 Å². The van der Waals surface area contributed by atoms with Gasteiger partial charge in [-0.25, -0.2) is 0 Å². The number of fused-ring (bicyclic) bond motifs is 2. The minimum absolute atomic E-state index is 0.0290. The molecule has 2 heterocycles. The minimum atomic E-state index is -0.0431. The fraction of sp³-hybridized carbons (Fsp3) is 0.750. The first-order chi connectivity index (χ1) is 7.27. The zero-order valence-electron chi connectivity index (χ0n) is 9.48. The number of carbonyl (C=O) groups is 1. The molecule has 1 saturated heterocycles. The molecule has 3 aliphatic rings. The van der Waals surface area contributed by atoms with Crippen molar-refractivity contribution in [3.8, 4) is 0 Å². The molecular formula is C12H19NO2. The molecule has 0 amide bonds. The highest BCUT2D eigenvalue weighted by Crippen LogP contribution is 2.35. The van der Waals surface area contributed by atoms with Gasteiger partial charge < -0.3 is 4.74 Å². The highest BCUT2D eigenvalue weighted by atomic mass is 16.5. The highest BCUT2D eigenvalue weighted by Gasteiger charge is 2.42. The van der Waals surface area contributed by atoms with E-state index in [0.717, 1.165) is 13.0 Å². The van der Waals surface area contributed by atoms with E-state index in [0.29, 0.717) is 18.6 Å². The second-order valence-corrected chi connectivity index (χ2v) is 4.22. The lowest BCUT2D eigenvalue weighted by Gasteiger charge is -2.46. The van der Waals surface area contributed by atoms with Gasteiger partial charge >= 0.3 is 5.97 Å². The number of carbonyl (C=O) groups excluding carboxylic acids is 1. The van der Waals surface area contributed by atoms with Crippen molar-refractivity contribution in [3.63, 3.8) is 0 Å². The smallest absolute Gasteiger partial charge is 0.323 e. The van der Waals surface area contributed by atoms with Crippen molar-refractivity contribution in [1.82, 2.24) is 4.90 Å². The molecule has 3 rings (SSSR count). The van der Waals surface area contributed by atoms with Crippen molar-refractivity contribution in [2.24, 2.45) is 5.92 Å². The average molecular weight is 209 g/mol. The van der Waals surface area contributed by atoms with E-state index in [2.05, 4.69) is 24.0 Å². The van der Waals surface area contributed by atoms with Gasteiger partial charge in [0.05, 0.1) is 6.61 Å². The van der Waals surface area contributed by atoms with E-state index in [-0.39, 0.29) is 12.0 Å². The average Bonchev–Trinajstić information content (AvgIpc) is 2.29. The van der Waals surface area contributed by atoms with E-state index >= 15 is 0 Å². The Morgan fingerprint density at radius 3 is 2.73 bits per heavy atom. The number of hydrogen-bond donors (Lipinski definition) is 0. The van der Waals surface area contributed by atoms with Crippen molar-refractivity contribution in [2.75, 3.05) is 13.2 Å². The summed E-state index contributed by atoms with van der Waals surface area (Å²) >= 11 is 0. The summed E-state index contributed by atoms with van der Waals surface area (Å²) in [7, 11) is 0. The summed E-state index contributed by atoms with van der Waals surface area (Å²) in [6, 6.07) is 0.424. The Morgan fingerprint density at radius 1 is 1.40 bits per heavy atom. The van der Waals surface area contributed by atoms with E-state index in [9.17, 15) is 4.79 Å². The topological polar surface area (TPSA) is 29.5 Å². The van der Waals surface area contributed by atoms with E-state index in [1.807, 2.05) is 6.92 Å². The Bertz CT molecular complexity index is 275. The van der Waals surface area contributed by atoms with E-state index in [1.54, 1.807) is 0 Å². The lowest BCUT2D eigenvalue weighted by molar-refractivity contribution is -0.154. The summed E-state index contributed by atoms with van der Waals surface area (Å²) in [5, 5.41) is 0. The Hall–Kier alpha value is -0.830. The SMILES string of the molecule is CCOC(=O)[C@@H]1[C@H]2C=C[C@H](CC2)N1CC. The van der Waals surface area contributed by atoms with Crippen molar-refractivity contribution in [3.05, 3.63) is 12.2 Å². The van der Waals surface area contributed by atoms with Crippen LogP contribution in [0, 0.1) is 5.92 Å². The highest BCUT2D eigenvalue weighted by molar-refractivity contribution is 5.77. The molecule has 2 bridgehead atoms. The van der Waals surface area contributed by atoms with Crippen LogP contribution in [0.25, 0.3) is 0 Å². The number of ether oxygens (including phenoxy) is 1. The first-order valence-electron chi connectivity index (χ1n) is 5.88. The molecule has 0 spiro atoms. The molecule has 84 valence electrons. The molecule has 2 aliphatic heterocycles. The summed E-state index contributed by atoms with van der Waals surface area (Å²) in [6.07, 6.45) is 6.75. The molecule has 0 aromatic carbocycles. The zero-order valence-corrected chi connectivity index (χ0v) is 9.48. The summed E-state index contributed by atoms with van der Waals surface area (Å²) < 4.78 is 5.15. The van der Waals surface area contributed by atoms with Gasteiger partial charge in [-0.1, -0.05) is 19.1 Å². The van der Waals surface area contributed by atoms with E-state index in [4.69, 9.17) is 4.74 Å². The Kier molecular flexibility index (Phi) is 3.10.